The van der Waals surface area contributed by atoms with Crippen molar-refractivity contribution in [2.45, 2.75) is 234 Å². The van der Waals surface area contributed by atoms with Crippen LogP contribution >= 0.6 is 0 Å². The summed E-state index contributed by atoms with van der Waals surface area (Å²) in [6.45, 7) is 8.48. The molecule has 4 aliphatic carbocycles. The first-order valence-electron chi connectivity index (χ1n) is 27.2. The van der Waals surface area contributed by atoms with E-state index in [1.165, 1.54) is 6.92 Å². The monoisotopic (exact) mass is 1070 g/mol. The second-order valence-corrected chi connectivity index (χ2v) is 24.3. The SMILES string of the molecule is CC(CCC1(O)OC2CC3C4CCC5CC(OC6OC(CO)C(OC7OC(O)C(O)C(O)C7CO)C(O)C6OC6OC(C)C(O)C(O)C6O)CCC5(C)C4CCC3(C)C2C1C)COC1OC(CO)C(O)C(O)C1O. The standard InChI is InChI=1S/C51H86O23/c1-20(19-66-46-39(61)37(59)35(57)30(17-53)69-46)8-13-51(65)21(2)32-29(74-51)15-28-25-7-6-23-14-24(9-11-49(23,4)27(25)10-12-50(28,32)5)68-48-43(72-47-40(62)36(58)33(55)22(3)67-47)41(63)42(31(18-54)70-48)71-45-26(16-52)34(56)38(60)44(64)73-45/h20-48,52-65H,6-19H2,1-5H3. The van der Waals surface area contributed by atoms with Gasteiger partial charge in [-0.05, 0) is 111 Å². The second-order valence-electron chi connectivity index (χ2n) is 24.3. The molecule has 32 unspecified atom stereocenters. The molecule has 5 aliphatic heterocycles. The summed E-state index contributed by atoms with van der Waals surface area (Å²) in [6, 6.07) is 0. The van der Waals surface area contributed by atoms with Crippen molar-refractivity contribution in [3.63, 3.8) is 0 Å². The van der Waals surface area contributed by atoms with Crippen molar-refractivity contribution in [3.05, 3.63) is 0 Å². The summed E-state index contributed by atoms with van der Waals surface area (Å²) in [5.74, 6) is -1.09. The summed E-state index contributed by atoms with van der Waals surface area (Å²) < 4.78 is 54.4. The fraction of sp³-hybridized carbons (Fsp3) is 1.00. The van der Waals surface area contributed by atoms with E-state index in [2.05, 4.69) is 20.8 Å². The van der Waals surface area contributed by atoms with Gasteiger partial charge in [0.15, 0.2) is 37.2 Å². The van der Waals surface area contributed by atoms with Crippen LogP contribution in [0.1, 0.15) is 98.8 Å². The predicted octanol–water partition coefficient (Wildman–Crippen LogP) is -2.72. The van der Waals surface area contributed by atoms with Crippen LogP contribution in [-0.4, -0.2) is 233 Å². The molecule has 5 saturated heterocycles. The van der Waals surface area contributed by atoms with E-state index >= 15 is 0 Å². The van der Waals surface area contributed by atoms with Crippen molar-refractivity contribution in [2.75, 3.05) is 26.4 Å². The molecular formula is C51H86O23. The van der Waals surface area contributed by atoms with Crippen LogP contribution in [0.5, 0.6) is 0 Å². The highest BCUT2D eigenvalue weighted by Gasteiger charge is 2.68. The van der Waals surface area contributed by atoms with Crippen LogP contribution in [-0.2, 0) is 42.6 Å². The van der Waals surface area contributed by atoms with Crippen molar-refractivity contribution in [1.29, 1.82) is 0 Å². The molecule has 0 aromatic rings. The Hall–Kier alpha value is -0.920. The first kappa shape index (κ1) is 57.8. The third-order valence-corrected chi connectivity index (χ3v) is 20.1. The van der Waals surface area contributed by atoms with Gasteiger partial charge >= 0.3 is 0 Å². The molecule has 14 N–H and O–H groups in total. The van der Waals surface area contributed by atoms with E-state index in [0.717, 1.165) is 38.5 Å². The van der Waals surface area contributed by atoms with Crippen molar-refractivity contribution in [1.82, 2.24) is 0 Å². The van der Waals surface area contributed by atoms with Crippen LogP contribution in [0.25, 0.3) is 0 Å². The summed E-state index contributed by atoms with van der Waals surface area (Å²) in [5, 5.41) is 148. The molecule has 0 amide bonds. The summed E-state index contributed by atoms with van der Waals surface area (Å²) in [5.41, 5.74) is -0.0576. The molecule has 23 heteroatoms. The molecule has 32 atom stereocenters. The van der Waals surface area contributed by atoms with Gasteiger partial charge in [-0.15, -0.1) is 0 Å². The molecule has 9 fully saturated rings. The molecule has 74 heavy (non-hydrogen) atoms. The first-order chi connectivity index (χ1) is 35.0. The van der Waals surface area contributed by atoms with Gasteiger partial charge in [-0.25, -0.2) is 0 Å². The minimum Gasteiger partial charge on any atom is -0.396 e. The van der Waals surface area contributed by atoms with Crippen molar-refractivity contribution in [3.8, 4) is 0 Å². The van der Waals surface area contributed by atoms with Gasteiger partial charge in [-0.3, -0.25) is 0 Å². The third-order valence-electron chi connectivity index (χ3n) is 20.1. The first-order valence-corrected chi connectivity index (χ1v) is 27.2. The summed E-state index contributed by atoms with van der Waals surface area (Å²) >= 11 is 0. The molecule has 428 valence electrons. The number of aliphatic hydroxyl groups is 14. The maximum Gasteiger partial charge on any atom is 0.187 e. The molecule has 0 spiro atoms. The quantitative estimate of drug-likeness (QED) is 0.0741. The Balaban J connectivity index is 0.834. The predicted molar refractivity (Wildman–Crippen MR) is 250 cm³/mol. The number of rotatable bonds is 15. The highest BCUT2D eigenvalue weighted by atomic mass is 16.8. The number of hydrogen-bond donors (Lipinski definition) is 14. The zero-order chi connectivity index (χ0) is 53.5. The Bertz CT molecular complexity index is 1860. The second kappa shape index (κ2) is 22.6. The van der Waals surface area contributed by atoms with E-state index in [1.54, 1.807) is 0 Å². The molecule has 0 radical (unpaired) electrons. The van der Waals surface area contributed by atoms with Crippen LogP contribution in [0.2, 0.25) is 0 Å². The average molecular weight is 1070 g/mol. The van der Waals surface area contributed by atoms with Crippen LogP contribution in [0, 0.1) is 58.2 Å². The minimum absolute atomic E-state index is 0.0165. The maximum absolute atomic E-state index is 12.1. The number of ether oxygens (including phenoxy) is 9. The number of hydrogen-bond acceptors (Lipinski definition) is 23. The Morgan fingerprint density at radius 1 is 0.581 bits per heavy atom. The lowest BCUT2D eigenvalue weighted by Gasteiger charge is -2.61. The molecule has 9 rings (SSSR count). The van der Waals surface area contributed by atoms with Crippen LogP contribution in [0.4, 0.5) is 0 Å². The van der Waals surface area contributed by atoms with Gasteiger partial charge in [0.05, 0.1) is 56.8 Å². The molecule has 0 aromatic carbocycles. The normalized spacial score (nSPS) is 56.0. The van der Waals surface area contributed by atoms with E-state index < -0.39 is 155 Å². The Labute approximate surface area is 431 Å². The lowest BCUT2D eigenvalue weighted by atomic mass is 9.44. The van der Waals surface area contributed by atoms with Gasteiger partial charge in [0.2, 0.25) is 0 Å². The van der Waals surface area contributed by atoms with E-state index in [9.17, 15) is 71.5 Å². The highest BCUT2D eigenvalue weighted by Crippen LogP contribution is 2.71. The third kappa shape index (κ3) is 10.3. The zero-order valence-electron chi connectivity index (χ0n) is 43.1. The average Bonchev–Trinajstić information content (AvgIpc) is 3.81. The summed E-state index contributed by atoms with van der Waals surface area (Å²) in [6.07, 6.45) is -21.3. The van der Waals surface area contributed by atoms with Crippen molar-refractivity contribution < 1.29 is 114 Å². The molecule has 0 aromatic heterocycles. The van der Waals surface area contributed by atoms with Crippen LogP contribution in [0.3, 0.4) is 0 Å². The fourth-order valence-corrected chi connectivity index (χ4v) is 15.6. The largest absolute Gasteiger partial charge is 0.396 e. The fourth-order valence-electron chi connectivity index (χ4n) is 15.6. The Morgan fingerprint density at radius 3 is 1.95 bits per heavy atom. The van der Waals surface area contributed by atoms with Crippen molar-refractivity contribution in [2.24, 2.45) is 58.2 Å². The van der Waals surface area contributed by atoms with E-state index in [0.29, 0.717) is 43.4 Å². The molecule has 0 bridgehead atoms. The van der Waals surface area contributed by atoms with Crippen LogP contribution in [0.15, 0.2) is 0 Å². The number of fused-ring (bicyclic) bond motifs is 7. The summed E-state index contributed by atoms with van der Waals surface area (Å²) in [7, 11) is 0. The molecule has 9 aliphatic rings. The van der Waals surface area contributed by atoms with Gasteiger partial charge < -0.3 is 114 Å². The lowest BCUT2D eigenvalue weighted by molar-refractivity contribution is -0.396. The Morgan fingerprint density at radius 2 is 1.24 bits per heavy atom. The summed E-state index contributed by atoms with van der Waals surface area (Å²) in [4.78, 5) is 0. The van der Waals surface area contributed by atoms with E-state index in [4.69, 9.17) is 42.6 Å². The van der Waals surface area contributed by atoms with Gasteiger partial charge in [0.25, 0.3) is 0 Å². The Kier molecular flexibility index (Phi) is 17.6. The smallest absolute Gasteiger partial charge is 0.187 e. The van der Waals surface area contributed by atoms with Crippen molar-refractivity contribution >= 4 is 0 Å². The van der Waals surface area contributed by atoms with Gasteiger partial charge in [-0.2, -0.15) is 0 Å². The molecular weight excluding hydrogens is 981 g/mol. The van der Waals surface area contributed by atoms with E-state index in [1.807, 2.05) is 6.92 Å². The maximum atomic E-state index is 12.1. The van der Waals surface area contributed by atoms with Gasteiger partial charge in [-0.1, -0.05) is 27.7 Å². The lowest BCUT2D eigenvalue weighted by Crippen LogP contribution is -2.66. The molecule has 4 saturated carbocycles. The number of aliphatic hydroxyl groups excluding tert-OH is 13. The topological polar surface area (TPSA) is 366 Å². The zero-order valence-corrected chi connectivity index (χ0v) is 43.1. The van der Waals surface area contributed by atoms with E-state index in [-0.39, 0.29) is 47.2 Å². The molecule has 23 nitrogen and oxygen atoms in total. The van der Waals surface area contributed by atoms with Crippen LogP contribution < -0.4 is 0 Å². The minimum atomic E-state index is -1.92. The highest BCUT2D eigenvalue weighted by molar-refractivity contribution is 5.15. The van der Waals surface area contributed by atoms with Gasteiger partial charge in [0.1, 0.15) is 73.2 Å². The molecule has 5 heterocycles. The van der Waals surface area contributed by atoms with Gasteiger partial charge in [0, 0.05) is 12.3 Å².